The molecule has 3 aromatic heterocycles. The maximum Gasteiger partial charge on any atom is 0.155 e. The van der Waals surface area contributed by atoms with Crippen molar-refractivity contribution in [3.05, 3.63) is 48.5 Å². The lowest BCUT2D eigenvalue weighted by Gasteiger charge is -2.03. The number of pyridine rings is 2. The highest BCUT2D eigenvalue weighted by atomic mass is 19.1. The summed E-state index contributed by atoms with van der Waals surface area (Å²) in [6, 6.07) is 8.40. The van der Waals surface area contributed by atoms with E-state index < -0.39 is 5.82 Å². The van der Waals surface area contributed by atoms with Crippen LogP contribution in [0.4, 0.5) is 10.2 Å². The van der Waals surface area contributed by atoms with E-state index in [4.69, 9.17) is 5.73 Å². The van der Waals surface area contributed by atoms with Gasteiger partial charge in [-0.3, -0.25) is 15.1 Å². The zero-order valence-electron chi connectivity index (χ0n) is 9.84. The van der Waals surface area contributed by atoms with Crippen LogP contribution in [0.3, 0.4) is 0 Å². The number of nitrogens with zero attached hydrogens (tertiary/aromatic N) is 3. The van der Waals surface area contributed by atoms with E-state index in [1.54, 1.807) is 12.3 Å². The first-order valence-corrected chi connectivity index (χ1v) is 5.63. The number of nitrogens with one attached hydrogen (secondary N) is 1. The predicted molar refractivity (Wildman–Crippen MR) is 69.4 cm³/mol. The molecule has 0 unspecified atom stereocenters. The molecule has 0 radical (unpaired) electrons. The van der Waals surface area contributed by atoms with Gasteiger partial charge in [-0.05, 0) is 24.3 Å². The van der Waals surface area contributed by atoms with Gasteiger partial charge in [0, 0.05) is 6.20 Å². The summed E-state index contributed by atoms with van der Waals surface area (Å²) in [5.74, 6) is -0.0598. The minimum Gasteiger partial charge on any atom is -0.382 e. The number of rotatable bonds is 2. The number of nitrogen functional groups attached to an aromatic ring is 1. The molecule has 0 saturated carbocycles. The lowest BCUT2D eigenvalue weighted by atomic mass is 10.1. The van der Waals surface area contributed by atoms with Gasteiger partial charge in [0.2, 0.25) is 0 Å². The fraction of sp³-hybridized carbons (Fsp3) is 0. The number of anilines is 1. The van der Waals surface area contributed by atoms with Crippen LogP contribution in [0.5, 0.6) is 0 Å². The number of H-pyrrole nitrogens is 1. The Morgan fingerprint density at radius 1 is 1.05 bits per heavy atom. The molecule has 5 nitrogen and oxygen atoms in total. The van der Waals surface area contributed by atoms with Crippen molar-refractivity contribution < 1.29 is 4.39 Å². The smallest absolute Gasteiger partial charge is 0.155 e. The van der Waals surface area contributed by atoms with E-state index in [2.05, 4.69) is 20.2 Å². The second-order valence-electron chi connectivity index (χ2n) is 3.94. The second kappa shape index (κ2) is 4.49. The first kappa shape index (κ1) is 11.3. The molecule has 94 valence electrons. The van der Waals surface area contributed by atoms with Gasteiger partial charge in [-0.15, -0.1) is 0 Å². The molecule has 0 bridgehead atoms. The van der Waals surface area contributed by atoms with Gasteiger partial charge < -0.3 is 5.73 Å². The molecular weight excluding hydrogens is 245 g/mol. The third-order valence-electron chi connectivity index (χ3n) is 2.70. The Morgan fingerprint density at radius 2 is 1.95 bits per heavy atom. The molecule has 3 aromatic rings. The summed E-state index contributed by atoms with van der Waals surface area (Å²) in [4.78, 5) is 8.26. The summed E-state index contributed by atoms with van der Waals surface area (Å²) in [6.45, 7) is 0. The van der Waals surface area contributed by atoms with Crippen LogP contribution in [0.2, 0.25) is 0 Å². The Hall–Kier alpha value is -2.76. The highest BCUT2D eigenvalue weighted by Crippen LogP contribution is 2.32. The molecule has 0 fully saturated rings. The second-order valence-corrected chi connectivity index (χ2v) is 3.94. The van der Waals surface area contributed by atoms with Crippen LogP contribution in [-0.4, -0.2) is 20.2 Å². The normalized spacial score (nSPS) is 10.6. The lowest BCUT2D eigenvalue weighted by molar-refractivity contribution is 0.622. The molecule has 0 aromatic carbocycles. The average Bonchev–Trinajstić information content (AvgIpc) is 2.82. The molecule has 0 aliphatic carbocycles. The highest BCUT2D eigenvalue weighted by Gasteiger charge is 2.16. The van der Waals surface area contributed by atoms with Crippen molar-refractivity contribution in [1.29, 1.82) is 0 Å². The standard InChI is InChI=1S/C13H10FN5/c14-8-4-5-10(17-7-8)12-11(13(15)19-18-12)9-3-1-2-6-16-9/h1-7H,(H3,15,18,19). The Balaban J connectivity index is 2.16. The molecule has 0 aliphatic heterocycles. The van der Waals surface area contributed by atoms with Crippen molar-refractivity contribution in [2.24, 2.45) is 0 Å². The van der Waals surface area contributed by atoms with E-state index in [0.29, 0.717) is 28.5 Å². The lowest BCUT2D eigenvalue weighted by Crippen LogP contribution is -1.92. The van der Waals surface area contributed by atoms with Gasteiger partial charge in [-0.2, -0.15) is 5.10 Å². The van der Waals surface area contributed by atoms with Gasteiger partial charge in [-0.1, -0.05) is 6.07 Å². The molecule has 3 heterocycles. The summed E-state index contributed by atoms with van der Waals surface area (Å²) in [5.41, 5.74) is 8.40. The third kappa shape index (κ3) is 2.03. The molecule has 0 amide bonds. The average molecular weight is 255 g/mol. The van der Waals surface area contributed by atoms with Gasteiger partial charge in [0.25, 0.3) is 0 Å². The van der Waals surface area contributed by atoms with Crippen LogP contribution in [0.25, 0.3) is 22.6 Å². The first-order chi connectivity index (χ1) is 9.25. The zero-order chi connectivity index (χ0) is 13.2. The van der Waals surface area contributed by atoms with E-state index in [1.807, 2.05) is 18.2 Å². The molecule has 6 heteroatoms. The van der Waals surface area contributed by atoms with Crippen LogP contribution in [0.1, 0.15) is 0 Å². The Labute approximate surface area is 108 Å². The number of aromatic nitrogens is 4. The van der Waals surface area contributed by atoms with Crippen LogP contribution in [-0.2, 0) is 0 Å². The summed E-state index contributed by atoms with van der Waals surface area (Å²) in [6.07, 6.45) is 2.82. The largest absolute Gasteiger partial charge is 0.382 e. The zero-order valence-corrected chi connectivity index (χ0v) is 9.84. The fourth-order valence-corrected chi connectivity index (χ4v) is 1.83. The minimum absolute atomic E-state index is 0.333. The number of nitrogens with two attached hydrogens (primary N) is 1. The van der Waals surface area contributed by atoms with Crippen LogP contribution in [0, 0.1) is 5.82 Å². The van der Waals surface area contributed by atoms with E-state index in [9.17, 15) is 4.39 Å². The Morgan fingerprint density at radius 3 is 2.63 bits per heavy atom. The highest BCUT2D eigenvalue weighted by molar-refractivity contribution is 5.84. The quantitative estimate of drug-likeness (QED) is 0.736. The Kier molecular flexibility index (Phi) is 2.68. The van der Waals surface area contributed by atoms with Gasteiger partial charge in [0.1, 0.15) is 5.82 Å². The molecule has 0 atom stereocenters. The fourth-order valence-electron chi connectivity index (χ4n) is 1.83. The first-order valence-electron chi connectivity index (χ1n) is 5.63. The SMILES string of the molecule is Nc1n[nH]c(-c2ccc(F)cn2)c1-c1ccccn1. The van der Waals surface area contributed by atoms with Crippen LogP contribution in [0.15, 0.2) is 42.7 Å². The van der Waals surface area contributed by atoms with Crippen LogP contribution < -0.4 is 5.73 Å². The van der Waals surface area contributed by atoms with E-state index >= 15 is 0 Å². The van der Waals surface area contributed by atoms with Gasteiger partial charge >= 0.3 is 0 Å². The molecule has 0 aliphatic rings. The van der Waals surface area contributed by atoms with E-state index in [-0.39, 0.29) is 0 Å². The molecule has 19 heavy (non-hydrogen) atoms. The van der Waals surface area contributed by atoms with Crippen molar-refractivity contribution in [3.8, 4) is 22.6 Å². The number of hydrogen-bond donors (Lipinski definition) is 2. The Bertz CT molecular complexity index is 691. The third-order valence-corrected chi connectivity index (χ3v) is 2.70. The van der Waals surface area contributed by atoms with Crippen molar-refractivity contribution in [3.63, 3.8) is 0 Å². The van der Waals surface area contributed by atoms with Gasteiger partial charge in [-0.25, -0.2) is 4.39 Å². The summed E-state index contributed by atoms with van der Waals surface area (Å²) in [7, 11) is 0. The maximum atomic E-state index is 12.9. The number of halogens is 1. The number of hydrogen-bond acceptors (Lipinski definition) is 4. The summed E-state index contributed by atoms with van der Waals surface area (Å²) in [5, 5.41) is 6.78. The molecule has 0 spiro atoms. The van der Waals surface area contributed by atoms with E-state index in [0.717, 1.165) is 6.20 Å². The summed E-state index contributed by atoms with van der Waals surface area (Å²) < 4.78 is 12.9. The summed E-state index contributed by atoms with van der Waals surface area (Å²) >= 11 is 0. The molecule has 0 saturated heterocycles. The van der Waals surface area contributed by atoms with Crippen molar-refractivity contribution >= 4 is 5.82 Å². The van der Waals surface area contributed by atoms with Gasteiger partial charge in [0.05, 0.1) is 28.8 Å². The van der Waals surface area contributed by atoms with E-state index in [1.165, 1.54) is 6.07 Å². The molecular formula is C13H10FN5. The predicted octanol–water partition coefficient (Wildman–Crippen LogP) is 2.25. The molecule has 3 N–H and O–H groups in total. The monoisotopic (exact) mass is 255 g/mol. The topological polar surface area (TPSA) is 80.5 Å². The van der Waals surface area contributed by atoms with Crippen molar-refractivity contribution in [2.45, 2.75) is 0 Å². The number of aromatic amines is 1. The minimum atomic E-state index is -0.393. The van der Waals surface area contributed by atoms with Crippen molar-refractivity contribution in [2.75, 3.05) is 5.73 Å². The van der Waals surface area contributed by atoms with Crippen molar-refractivity contribution in [1.82, 2.24) is 20.2 Å². The maximum absolute atomic E-state index is 12.9. The van der Waals surface area contributed by atoms with Gasteiger partial charge in [0.15, 0.2) is 5.82 Å². The molecule has 3 rings (SSSR count). The van der Waals surface area contributed by atoms with Crippen LogP contribution >= 0.6 is 0 Å².